The maximum absolute atomic E-state index is 4.31. The van der Waals surface area contributed by atoms with Crippen molar-refractivity contribution in [2.24, 2.45) is 7.05 Å². The van der Waals surface area contributed by atoms with Crippen LogP contribution in [0.2, 0.25) is 0 Å². The number of nitrogens with one attached hydrogen (secondary N) is 1. The number of aromatic amines is 1. The Morgan fingerprint density at radius 2 is 2.39 bits per heavy atom. The van der Waals surface area contributed by atoms with Crippen molar-refractivity contribution < 1.29 is 0 Å². The minimum Gasteiger partial charge on any atom is -0.288 e. The highest BCUT2D eigenvalue weighted by molar-refractivity contribution is 5.03. The van der Waals surface area contributed by atoms with Gasteiger partial charge in [-0.2, -0.15) is 10.2 Å². The molecule has 0 bridgehead atoms. The van der Waals surface area contributed by atoms with E-state index in [-0.39, 0.29) is 0 Å². The van der Waals surface area contributed by atoms with E-state index in [9.17, 15) is 0 Å². The maximum atomic E-state index is 4.31. The molecule has 3 heterocycles. The van der Waals surface area contributed by atoms with Crippen LogP contribution in [0.5, 0.6) is 0 Å². The molecule has 1 atom stereocenters. The molecule has 0 radical (unpaired) electrons. The van der Waals surface area contributed by atoms with E-state index in [1.807, 2.05) is 17.9 Å². The molecule has 0 amide bonds. The van der Waals surface area contributed by atoms with Crippen LogP contribution in [-0.2, 0) is 13.6 Å². The van der Waals surface area contributed by atoms with E-state index >= 15 is 0 Å². The molecule has 3 rings (SSSR count). The van der Waals surface area contributed by atoms with Gasteiger partial charge in [-0.15, -0.1) is 0 Å². The standard InChI is InChI=1S/C12H18N6/c1-17-10(5-6-15-17)8-18-7-3-2-4-11(18)12-13-9-14-16-12/h5-6,9,11H,2-4,7-8H2,1H3,(H,13,14,16). The van der Waals surface area contributed by atoms with E-state index in [4.69, 9.17) is 0 Å². The van der Waals surface area contributed by atoms with Crippen LogP contribution in [0.1, 0.15) is 36.8 Å². The monoisotopic (exact) mass is 246 g/mol. The second kappa shape index (κ2) is 4.89. The first-order chi connectivity index (χ1) is 8.84. The molecule has 0 spiro atoms. The molecule has 0 saturated carbocycles. The third kappa shape index (κ3) is 2.15. The number of nitrogens with zero attached hydrogens (tertiary/aromatic N) is 5. The predicted molar refractivity (Wildman–Crippen MR) is 66.6 cm³/mol. The van der Waals surface area contributed by atoms with Crippen LogP contribution in [0, 0.1) is 0 Å². The average molecular weight is 246 g/mol. The second-order valence-electron chi connectivity index (χ2n) is 4.80. The van der Waals surface area contributed by atoms with Gasteiger partial charge >= 0.3 is 0 Å². The second-order valence-corrected chi connectivity index (χ2v) is 4.80. The van der Waals surface area contributed by atoms with Crippen molar-refractivity contribution >= 4 is 0 Å². The van der Waals surface area contributed by atoms with Crippen molar-refractivity contribution in [1.29, 1.82) is 0 Å². The maximum Gasteiger partial charge on any atom is 0.141 e. The normalized spacial score (nSPS) is 21.3. The number of hydrogen-bond acceptors (Lipinski definition) is 4. The predicted octanol–water partition coefficient (Wildman–Crippen LogP) is 1.27. The number of aryl methyl sites for hydroxylation is 1. The van der Waals surface area contributed by atoms with Crippen LogP contribution < -0.4 is 0 Å². The molecule has 18 heavy (non-hydrogen) atoms. The highest BCUT2D eigenvalue weighted by Gasteiger charge is 2.26. The van der Waals surface area contributed by atoms with E-state index in [0.717, 1.165) is 25.3 Å². The molecule has 6 heteroatoms. The Bertz CT molecular complexity index is 488. The van der Waals surface area contributed by atoms with Crippen LogP contribution in [0.3, 0.4) is 0 Å². The molecule has 1 aliphatic heterocycles. The molecule has 2 aromatic rings. The summed E-state index contributed by atoms with van der Waals surface area (Å²) in [4.78, 5) is 6.77. The molecule has 6 nitrogen and oxygen atoms in total. The van der Waals surface area contributed by atoms with Crippen LogP contribution in [0.25, 0.3) is 0 Å². The summed E-state index contributed by atoms with van der Waals surface area (Å²) >= 11 is 0. The molecule has 1 fully saturated rings. The van der Waals surface area contributed by atoms with E-state index < -0.39 is 0 Å². The summed E-state index contributed by atoms with van der Waals surface area (Å²) in [6.07, 6.45) is 7.09. The van der Waals surface area contributed by atoms with Crippen LogP contribution in [0.15, 0.2) is 18.6 Å². The van der Waals surface area contributed by atoms with Gasteiger partial charge in [0.1, 0.15) is 12.2 Å². The van der Waals surface area contributed by atoms with Gasteiger partial charge in [-0.3, -0.25) is 14.7 Å². The van der Waals surface area contributed by atoms with Crippen LogP contribution in [0.4, 0.5) is 0 Å². The van der Waals surface area contributed by atoms with E-state index in [2.05, 4.69) is 31.2 Å². The Kier molecular flexibility index (Phi) is 3.10. The zero-order chi connectivity index (χ0) is 12.4. The SMILES string of the molecule is Cn1nccc1CN1CCCCC1c1ncn[nH]1. The average Bonchev–Trinajstić information content (AvgIpc) is 3.03. The number of H-pyrrole nitrogens is 1. The first-order valence-corrected chi connectivity index (χ1v) is 6.41. The summed E-state index contributed by atoms with van der Waals surface area (Å²) in [5, 5.41) is 11.2. The zero-order valence-electron chi connectivity index (χ0n) is 10.6. The number of hydrogen-bond donors (Lipinski definition) is 1. The molecule has 0 aromatic carbocycles. The van der Waals surface area contributed by atoms with Gasteiger partial charge in [0.25, 0.3) is 0 Å². The molecule has 0 aliphatic carbocycles. The molecule has 1 aliphatic rings. The highest BCUT2D eigenvalue weighted by Crippen LogP contribution is 2.29. The Hall–Kier alpha value is -1.69. The molecule has 1 saturated heterocycles. The molecule has 1 unspecified atom stereocenters. The summed E-state index contributed by atoms with van der Waals surface area (Å²) in [6.45, 7) is 2.03. The van der Waals surface area contributed by atoms with Gasteiger partial charge in [-0.1, -0.05) is 6.42 Å². The Morgan fingerprint density at radius 3 is 3.11 bits per heavy atom. The van der Waals surface area contributed by atoms with Gasteiger partial charge in [0, 0.05) is 19.8 Å². The molecular weight excluding hydrogens is 228 g/mol. The van der Waals surface area contributed by atoms with Crippen LogP contribution >= 0.6 is 0 Å². The number of rotatable bonds is 3. The molecule has 1 N–H and O–H groups in total. The van der Waals surface area contributed by atoms with Crippen molar-refractivity contribution in [2.45, 2.75) is 31.8 Å². The lowest BCUT2D eigenvalue weighted by molar-refractivity contribution is 0.130. The van der Waals surface area contributed by atoms with Gasteiger partial charge in [0.05, 0.1) is 11.7 Å². The van der Waals surface area contributed by atoms with Crippen LogP contribution in [-0.4, -0.2) is 36.4 Å². The summed E-state index contributed by atoms with van der Waals surface area (Å²) in [6, 6.07) is 2.43. The molecular formula is C12H18N6. The summed E-state index contributed by atoms with van der Waals surface area (Å²) in [5.74, 6) is 0.983. The zero-order valence-corrected chi connectivity index (χ0v) is 10.6. The summed E-state index contributed by atoms with van der Waals surface area (Å²) in [5.41, 5.74) is 1.24. The topological polar surface area (TPSA) is 62.6 Å². The Labute approximate surface area is 106 Å². The van der Waals surface area contributed by atoms with Crippen molar-refractivity contribution in [3.8, 4) is 0 Å². The lowest BCUT2D eigenvalue weighted by Crippen LogP contribution is -2.34. The third-order valence-corrected chi connectivity index (χ3v) is 3.65. The first kappa shape index (κ1) is 11.4. The number of likely N-dealkylation sites (tertiary alicyclic amines) is 1. The van der Waals surface area contributed by atoms with Gasteiger partial charge < -0.3 is 0 Å². The number of piperidine rings is 1. The third-order valence-electron chi connectivity index (χ3n) is 3.65. The molecule has 96 valence electrons. The van der Waals surface area contributed by atoms with Gasteiger partial charge in [0.2, 0.25) is 0 Å². The minimum absolute atomic E-state index is 0.358. The van der Waals surface area contributed by atoms with Gasteiger partial charge in [-0.05, 0) is 25.5 Å². The lowest BCUT2D eigenvalue weighted by atomic mass is 10.0. The van der Waals surface area contributed by atoms with Crippen molar-refractivity contribution in [3.05, 3.63) is 30.1 Å². The number of aromatic nitrogens is 5. The fraction of sp³-hybridized carbons (Fsp3) is 0.583. The fourth-order valence-electron chi connectivity index (χ4n) is 2.63. The lowest BCUT2D eigenvalue weighted by Gasteiger charge is -2.34. The van der Waals surface area contributed by atoms with Crippen molar-refractivity contribution in [3.63, 3.8) is 0 Å². The van der Waals surface area contributed by atoms with Gasteiger partial charge in [-0.25, -0.2) is 4.98 Å². The summed E-state index contributed by atoms with van der Waals surface area (Å²) < 4.78 is 1.94. The van der Waals surface area contributed by atoms with Crippen molar-refractivity contribution in [2.75, 3.05) is 6.54 Å². The quantitative estimate of drug-likeness (QED) is 0.885. The van der Waals surface area contributed by atoms with Crippen molar-refractivity contribution in [1.82, 2.24) is 29.9 Å². The fourth-order valence-corrected chi connectivity index (χ4v) is 2.63. The Morgan fingerprint density at radius 1 is 1.44 bits per heavy atom. The smallest absolute Gasteiger partial charge is 0.141 e. The Balaban J connectivity index is 1.78. The summed E-state index contributed by atoms with van der Waals surface area (Å²) in [7, 11) is 1.99. The van der Waals surface area contributed by atoms with Gasteiger partial charge in [0.15, 0.2) is 0 Å². The van der Waals surface area contributed by atoms with E-state index in [0.29, 0.717) is 6.04 Å². The molecule has 2 aromatic heterocycles. The van der Waals surface area contributed by atoms with E-state index in [1.54, 1.807) is 6.33 Å². The minimum atomic E-state index is 0.358. The first-order valence-electron chi connectivity index (χ1n) is 6.41. The van der Waals surface area contributed by atoms with E-state index in [1.165, 1.54) is 18.5 Å². The largest absolute Gasteiger partial charge is 0.288 e. The highest BCUT2D eigenvalue weighted by atomic mass is 15.3.